The van der Waals surface area contributed by atoms with Crippen molar-refractivity contribution in [3.63, 3.8) is 0 Å². The first-order valence-electron chi connectivity index (χ1n) is 5.30. The zero-order valence-electron chi connectivity index (χ0n) is 9.14. The molecule has 2 rings (SSSR count). The van der Waals surface area contributed by atoms with Crippen LogP contribution in [0.3, 0.4) is 0 Å². The number of hydrogen-bond donors (Lipinski definition) is 1. The summed E-state index contributed by atoms with van der Waals surface area (Å²) in [5.41, 5.74) is 2.27. The lowest BCUT2D eigenvalue weighted by molar-refractivity contribution is 0.400. The van der Waals surface area contributed by atoms with E-state index in [0.29, 0.717) is 6.04 Å². The third-order valence-electron chi connectivity index (χ3n) is 2.95. The Hall–Kier alpha value is -0.730. The average molecular weight is 226 g/mol. The van der Waals surface area contributed by atoms with Crippen LogP contribution in [0.1, 0.15) is 30.0 Å². The van der Waals surface area contributed by atoms with Crippen LogP contribution in [0.4, 0.5) is 0 Å². The van der Waals surface area contributed by atoms with Crippen molar-refractivity contribution in [2.45, 2.75) is 25.8 Å². The predicted octanol–water partition coefficient (Wildman–Crippen LogP) is 3.08. The fraction of sp³-hybridized carbons (Fsp3) is 0.500. The first-order chi connectivity index (χ1) is 7.24. The van der Waals surface area contributed by atoms with Crippen molar-refractivity contribution in [1.82, 2.24) is 5.32 Å². The molecule has 1 saturated heterocycles. The van der Waals surface area contributed by atoms with E-state index in [1.54, 1.807) is 7.11 Å². The lowest BCUT2D eigenvalue weighted by Crippen LogP contribution is -2.14. The molecule has 15 heavy (non-hydrogen) atoms. The van der Waals surface area contributed by atoms with Gasteiger partial charge in [-0.25, -0.2) is 0 Å². The Morgan fingerprint density at radius 2 is 2.27 bits per heavy atom. The minimum Gasteiger partial charge on any atom is -0.496 e. The zero-order chi connectivity index (χ0) is 10.8. The molecule has 1 aliphatic heterocycles. The van der Waals surface area contributed by atoms with Crippen molar-refractivity contribution in [1.29, 1.82) is 0 Å². The van der Waals surface area contributed by atoms with E-state index in [4.69, 9.17) is 16.3 Å². The van der Waals surface area contributed by atoms with E-state index in [0.717, 1.165) is 34.9 Å². The lowest BCUT2D eigenvalue weighted by Gasteiger charge is -2.18. The SMILES string of the molecule is COc1c(C)ccc(Cl)c1C1CCCN1. The molecular weight excluding hydrogens is 210 g/mol. The van der Waals surface area contributed by atoms with Gasteiger partial charge in [0, 0.05) is 16.6 Å². The van der Waals surface area contributed by atoms with E-state index in [9.17, 15) is 0 Å². The maximum atomic E-state index is 6.24. The van der Waals surface area contributed by atoms with E-state index < -0.39 is 0 Å². The van der Waals surface area contributed by atoms with Gasteiger partial charge in [-0.3, -0.25) is 0 Å². The molecule has 0 radical (unpaired) electrons. The van der Waals surface area contributed by atoms with E-state index in [1.165, 1.54) is 6.42 Å². The normalized spacial score (nSPS) is 20.6. The Bertz CT molecular complexity index is 359. The molecule has 1 unspecified atom stereocenters. The summed E-state index contributed by atoms with van der Waals surface area (Å²) >= 11 is 6.24. The second-order valence-electron chi connectivity index (χ2n) is 3.96. The molecule has 82 valence electrons. The Balaban J connectivity index is 2.46. The topological polar surface area (TPSA) is 21.3 Å². The quantitative estimate of drug-likeness (QED) is 0.835. The fourth-order valence-corrected chi connectivity index (χ4v) is 2.49. The van der Waals surface area contributed by atoms with Crippen molar-refractivity contribution >= 4 is 11.6 Å². The second kappa shape index (κ2) is 4.42. The van der Waals surface area contributed by atoms with Crippen LogP contribution in [0.15, 0.2) is 12.1 Å². The number of nitrogens with one attached hydrogen (secondary N) is 1. The number of hydrogen-bond acceptors (Lipinski definition) is 2. The summed E-state index contributed by atoms with van der Waals surface area (Å²) in [4.78, 5) is 0. The van der Waals surface area contributed by atoms with E-state index in [2.05, 4.69) is 5.32 Å². The molecule has 1 fully saturated rings. The molecule has 1 aromatic rings. The van der Waals surface area contributed by atoms with Gasteiger partial charge in [0.15, 0.2) is 0 Å². The molecule has 0 spiro atoms. The molecule has 1 heterocycles. The molecule has 0 aromatic heterocycles. The molecule has 1 aliphatic rings. The smallest absolute Gasteiger partial charge is 0.128 e. The van der Waals surface area contributed by atoms with E-state index >= 15 is 0 Å². The van der Waals surface area contributed by atoms with Gasteiger partial charge >= 0.3 is 0 Å². The van der Waals surface area contributed by atoms with Gasteiger partial charge in [-0.2, -0.15) is 0 Å². The van der Waals surface area contributed by atoms with Crippen molar-refractivity contribution in [3.05, 3.63) is 28.3 Å². The molecule has 1 aromatic carbocycles. The highest BCUT2D eigenvalue weighted by molar-refractivity contribution is 6.31. The molecule has 1 atom stereocenters. The van der Waals surface area contributed by atoms with Crippen molar-refractivity contribution in [2.24, 2.45) is 0 Å². The fourth-order valence-electron chi connectivity index (χ4n) is 2.21. The van der Waals surface area contributed by atoms with Gasteiger partial charge in [0.2, 0.25) is 0 Å². The minimum absolute atomic E-state index is 0.354. The number of rotatable bonds is 2. The van der Waals surface area contributed by atoms with Crippen LogP contribution < -0.4 is 10.1 Å². The number of methoxy groups -OCH3 is 1. The maximum absolute atomic E-state index is 6.24. The first-order valence-corrected chi connectivity index (χ1v) is 5.68. The predicted molar refractivity (Wildman–Crippen MR) is 62.7 cm³/mol. The summed E-state index contributed by atoms with van der Waals surface area (Å²) in [5.74, 6) is 0.932. The monoisotopic (exact) mass is 225 g/mol. The van der Waals surface area contributed by atoms with Gasteiger partial charge in [-0.1, -0.05) is 17.7 Å². The van der Waals surface area contributed by atoms with Crippen LogP contribution >= 0.6 is 11.6 Å². The van der Waals surface area contributed by atoms with E-state index in [-0.39, 0.29) is 0 Å². The summed E-state index contributed by atoms with van der Waals surface area (Å²) in [7, 11) is 1.71. The highest BCUT2D eigenvalue weighted by Gasteiger charge is 2.23. The number of halogens is 1. The molecule has 0 bridgehead atoms. The zero-order valence-corrected chi connectivity index (χ0v) is 9.90. The summed E-state index contributed by atoms with van der Waals surface area (Å²) in [6.45, 7) is 3.12. The van der Waals surface area contributed by atoms with Crippen molar-refractivity contribution in [3.8, 4) is 5.75 Å². The van der Waals surface area contributed by atoms with Crippen LogP contribution in [0, 0.1) is 6.92 Å². The minimum atomic E-state index is 0.354. The summed E-state index contributed by atoms with van der Waals surface area (Å²) < 4.78 is 5.44. The van der Waals surface area contributed by atoms with Crippen LogP contribution in [0.5, 0.6) is 5.75 Å². The lowest BCUT2D eigenvalue weighted by atomic mass is 10.0. The highest BCUT2D eigenvalue weighted by atomic mass is 35.5. The average Bonchev–Trinajstić information content (AvgIpc) is 2.74. The Labute approximate surface area is 95.6 Å². The number of ether oxygens (including phenoxy) is 1. The second-order valence-corrected chi connectivity index (χ2v) is 4.37. The Morgan fingerprint density at radius 3 is 2.87 bits per heavy atom. The van der Waals surface area contributed by atoms with Crippen LogP contribution in [0.25, 0.3) is 0 Å². The number of aryl methyl sites for hydroxylation is 1. The van der Waals surface area contributed by atoms with Gasteiger partial charge < -0.3 is 10.1 Å². The molecule has 0 aliphatic carbocycles. The molecule has 3 heteroatoms. The largest absolute Gasteiger partial charge is 0.496 e. The molecule has 0 amide bonds. The third kappa shape index (κ3) is 1.97. The van der Waals surface area contributed by atoms with Crippen LogP contribution in [0.2, 0.25) is 5.02 Å². The summed E-state index contributed by atoms with van der Waals surface area (Å²) in [6.07, 6.45) is 2.34. The molecule has 2 nitrogen and oxygen atoms in total. The first kappa shape index (κ1) is 10.8. The van der Waals surface area contributed by atoms with Gasteiger partial charge in [0.05, 0.1) is 7.11 Å². The molecular formula is C12H16ClNO. The standard InChI is InChI=1S/C12H16ClNO/c1-8-5-6-9(13)11(12(8)15-2)10-4-3-7-14-10/h5-6,10,14H,3-4,7H2,1-2H3. The molecule has 1 N–H and O–H groups in total. The highest BCUT2D eigenvalue weighted by Crippen LogP contribution is 2.38. The van der Waals surface area contributed by atoms with Crippen LogP contribution in [-0.4, -0.2) is 13.7 Å². The number of benzene rings is 1. The third-order valence-corrected chi connectivity index (χ3v) is 3.28. The molecule has 0 saturated carbocycles. The van der Waals surface area contributed by atoms with Gasteiger partial charge in [-0.15, -0.1) is 0 Å². The Morgan fingerprint density at radius 1 is 1.47 bits per heavy atom. The van der Waals surface area contributed by atoms with Gasteiger partial charge in [0.25, 0.3) is 0 Å². The van der Waals surface area contributed by atoms with Gasteiger partial charge in [0.1, 0.15) is 5.75 Å². The summed E-state index contributed by atoms with van der Waals surface area (Å²) in [6, 6.07) is 4.31. The van der Waals surface area contributed by atoms with Gasteiger partial charge in [-0.05, 0) is 37.9 Å². The summed E-state index contributed by atoms with van der Waals surface area (Å²) in [5, 5.41) is 4.25. The van der Waals surface area contributed by atoms with Crippen molar-refractivity contribution < 1.29 is 4.74 Å². The van der Waals surface area contributed by atoms with Crippen LogP contribution in [-0.2, 0) is 0 Å². The van der Waals surface area contributed by atoms with Crippen molar-refractivity contribution in [2.75, 3.05) is 13.7 Å². The maximum Gasteiger partial charge on any atom is 0.128 e. The Kier molecular flexibility index (Phi) is 3.17. The van der Waals surface area contributed by atoms with E-state index in [1.807, 2.05) is 19.1 Å².